The number of hydrogen-bond donors (Lipinski definition) is 1. The van der Waals surface area contributed by atoms with Gasteiger partial charge < -0.3 is 5.43 Å². The van der Waals surface area contributed by atoms with Gasteiger partial charge in [0.2, 0.25) is 6.04 Å². The number of rotatable bonds is 1. The van der Waals surface area contributed by atoms with Gasteiger partial charge in [-0.1, -0.05) is 0 Å². The number of hydrogen-bond acceptors (Lipinski definition) is 4. The molecule has 0 spiro atoms. The first-order valence-corrected chi connectivity index (χ1v) is 4.19. The maximum absolute atomic E-state index is 10.5. The minimum absolute atomic E-state index is 0.164. The van der Waals surface area contributed by atoms with Crippen LogP contribution in [0.5, 0.6) is 0 Å². The second kappa shape index (κ2) is 2.73. The zero-order valence-electron chi connectivity index (χ0n) is 6.64. The Kier molecular flexibility index (Phi) is 1.71. The molecule has 1 saturated carbocycles. The molecule has 66 valence electrons. The van der Waals surface area contributed by atoms with Crippen molar-refractivity contribution in [3.8, 4) is 0 Å². The molecule has 0 amide bonds. The summed E-state index contributed by atoms with van der Waals surface area (Å²) in [5, 5.41) is 14.4. The molecule has 1 heterocycles. The Morgan fingerprint density at radius 2 is 2.42 bits per heavy atom. The molecule has 0 saturated heterocycles. The highest BCUT2D eigenvalue weighted by atomic mass is 16.6. The van der Waals surface area contributed by atoms with Gasteiger partial charge in [0.25, 0.3) is 0 Å². The van der Waals surface area contributed by atoms with Gasteiger partial charge in [0.1, 0.15) is 0 Å². The first kappa shape index (κ1) is 7.52. The van der Waals surface area contributed by atoms with Crippen LogP contribution in [0.2, 0.25) is 0 Å². The summed E-state index contributed by atoms with van der Waals surface area (Å²) < 4.78 is 0. The molecule has 2 aliphatic rings. The zero-order chi connectivity index (χ0) is 8.55. The van der Waals surface area contributed by atoms with Gasteiger partial charge in [-0.15, -0.1) is 0 Å². The van der Waals surface area contributed by atoms with E-state index in [1.807, 2.05) is 0 Å². The summed E-state index contributed by atoms with van der Waals surface area (Å²) in [7, 11) is 0. The van der Waals surface area contributed by atoms with Crippen LogP contribution >= 0.6 is 0 Å². The Morgan fingerprint density at radius 1 is 1.58 bits per heavy atom. The number of nitro groups is 1. The average molecular weight is 169 g/mol. The number of fused-ring (bicyclic) bond motifs is 1. The highest BCUT2D eigenvalue weighted by molar-refractivity contribution is 5.63. The summed E-state index contributed by atoms with van der Waals surface area (Å²) >= 11 is 0. The minimum Gasteiger partial charge on any atom is -0.307 e. The molecule has 5 nitrogen and oxygen atoms in total. The Balaban J connectivity index is 2.00. The number of nitrogens with one attached hydrogen (secondary N) is 1. The molecule has 0 aromatic rings. The van der Waals surface area contributed by atoms with Crippen LogP contribution in [0.25, 0.3) is 0 Å². The fraction of sp³-hybridized carbons (Fsp3) is 0.857. The van der Waals surface area contributed by atoms with Crippen molar-refractivity contribution in [3.63, 3.8) is 0 Å². The van der Waals surface area contributed by atoms with E-state index in [4.69, 9.17) is 0 Å². The monoisotopic (exact) mass is 169 g/mol. The summed E-state index contributed by atoms with van der Waals surface area (Å²) in [6, 6.07) is 0.0128. The molecule has 1 fully saturated rings. The maximum atomic E-state index is 10.5. The van der Waals surface area contributed by atoms with Crippen LogP contribution < -0.4 is 5.43 Å². The highest BCUT2D eigenvalue weighted by Crippen LogP contribution is 2.27. The Bertz CT molecular complexity index is 229. The third-order valence-corrected chi connectivity index (χ3v) is 2.68. The summed E-state index contributed by atoms with van der Waals surface area (Å²) in [4.78, 5) is 10.3. The smallest absolute Gasteiger partial charge is 0.213 e. The van der Waals surface area contributed by atoms with Crippen LogP contribution in [0.15, 0.2) is 5.10 Å². The number of nitrogens with zero attached hydrogens (tertiary/aromatic N) is 2. The molecule has 0 aromatic carbocycles. The number of hydrazone groups is 1. The third kappa shape index (κ3) is 1.15. The lowest BCUT2D eigenvalue weighted by Gasteiger charge is -2.25. The molecule has 12 heavy (non-hydrogen) atoms. The van der Waals surface area contributed by atoms with Gasteiger partial charge in [0.15, 0.2) is 0 Å². The van der Waals surface area contributed by atoms with Crippen LogP contribution in [0.4, 0.5) is 0 Å². The van der Waals surface area contributed by atoms with Gasteiger partial charge in [-0.3, -0.25) is 10.1 Å². The first-order valence-electron chi connectivity index (χ1n) is 4.19. The molecule has 3 unspecified atom stereocenters. The summed E-state index contributed by atoms with van der Waals surface area (Å²) in [6.07, 6.45) is 4.01. The Morgan fingerprint density at radius 3 is 3.17 bits per heavy atom. The molecule has 2 rings (SSSR count). The molecule has 0 aromatic heterocycles. The lowest BCUT2D eigenvalue weighted by Crippen LogP contribution is -2.38. The van der Waals surface area contributed by atoms with Crippen molar-refractivity contribution >= 4 is 6.21 Å². The lowest BCUT2D eigenvalue weighted by molar-refractivity contribution is -0.527. The molecule has 1 aliphatic heterocycles. The van der Waals surface area contributed by atoms with E-state index < -0.39 is 0 Å². The molecule has 5 heteroatoms. The molecular weight excluding hydrogens is 158 g/mol. The van der Waals surface area contributed by atoms with Crippen LogP contribution in [0, 0.1) is 16.0 Å². The van der Waals surface area contributed by atoms with Crippen LogP contribution in [0.3, 0.4) is 0 Å². The van der Waals surface area contributed by atoms with Crippen LogP contribution in [-0.4, -0.2) is 23.2 Å². The van der Waals surface area contributed by atoms with E-state index in [1.165, 1.54) is 0 Å². The topological polar surface area (TPSA) is 67.5 Å². The SMILES string of the molecule is O=[N+]([O-])C1CCC2NN=CC2C1. The predicted octanol–water partition coefficient (Wildman–Crippen LogP) is 0.389. The summed E-state index contributed by atoms with van der Waals surface area (Å²) in [6.45, 7) is 0. The van der Waals surface area contributed by atoms with Gasteiger partial charge >= 0.3 is 0 Å². The lowest BCUT2D eigenvalue weighted by atomic mass is 9.83. The van der Waals surface area contributed by atoms with Gasteiger partial charge in [0.05, 0.1) is 6.04 Å². The van der Waals surface area contributed by atoms with Gasteiger partial charge in [0, 0.05) is 29.9 Å². The van der Waals surface area contributed by atoms with Crippen LogP contribution in [-0.2, 0) is 0 Å². The van der Waals surface area contributed by atoms with Crippen LogP contribution in [0.1, 0.15) is 19.3 Å². The predicted molar refractivity (Wildman–Crippen MR) is 43.5 cm³/mol. The summed E-state index contributed by atoms with van der Waals surface area (Å²) in [5.74, 6) is 0.286. The third-order valence-electron chi connectivity index (χ3n) is 2.68. The van der Waals surface area contributed by atoms with E-state index in [-0.39, 0.29) is 16.9 Å². The molecule has 1 aliphatic carbocycles. The van der Waals surface area contributed by atoms with Crippen molar-refractivity contribution in [1.29, 1.82) is 0 Å². The van der Waals surface area contributed by atoms with Gasteiger partial charge in [-0.25, -0.2) is 0 Å². The van der Waals surface area contributed by atoms with E-state index in [0.717, 1.165) is 6.42 Å². The fourth-order valence-electron chi connectivity index (χ4n) is 1.93. The van der Waals surface area contributed by atoms with E-state index in [2.05, 4.69) is 10.5 Å². The van der Waals surface area contributed by atoms with Crippen molar-refractivity contribution in [1.82, 2.24) is 5.43 Å². The summed E-state index contributed by atoms with van der Waals surface area (Å²) in [5.41, 5.74) is 2.96. The Labute approximate surface area is 70.0 Å². The maximum Gasteiger partial charge on any atom is 0.213 e. The van der Waals surface area contributed by atoms with E-state index in [1.54, 1.807) is 6.21 Å². The van der Waals surface area contributed by atoms with Crippen molar-refractivity contribution < 1.29 is 4.92 Å². The average Bonchev–Trinajstić information content (AvgIpc) is 2.49. The quantitative estimate of drug-likeness (QED) is 0.456. The molecule has 0 radical (unpaired) electrons. The standard InChI is InChI=1S/C7H11N3O2/c11-10(12)6-1-2-7-5(3-6)4-8-9-7/h4-7,9H,1-3H2. The normalized spacial score (nSPS) is 38.8. The van der Waals surface area contributed by atoms with Gasteiger partial charge in [-0.2, -0.15) is 5.10 Å². The van der Waals surface area contributed by atoms with E-state index in [9.17, 15) is 10.1 Å². The Hall–Kier alpha value is -1.13. The molecular formula is C7H11N3O2. The molecule has 1 N–H and O–H groups in total. The zero-order valence-corrected chi connectivity index (χ0v) is 6.64. The second-order valence-electron chi connectivity index (χ2n) is 3.43. The molecule has 3 atom stereocenters. The first-order chi connectivity index (χ1) is 5.77. The van der Waals surface area contributed by atoms with E-state index in [0.29, 0.717) is 18.9 Å². The van der Waals surface area contributed by atoms with Crippen molar-refractivity contribution in [3.05, 3.63) is 10.1 Å². The van der Waals surface area contributed by atoms with Crippen molar-refractivity contribution in [2.45, 2.75) is 31.3 Å². The highest BCUT2D eigenvalue weighted by Gasteiger charge is 2.37. The van der Waals surface area contributed by atoms with Crippen molar-refractivity contribution in [2.24, 2.45) is 11.0 Å². The van der Waals surface area contributed by atoms with Crippen molar-refractivity contribution in [2.75, 3.05) is 0 Å². The van der Waals surface area contributed by atoms with E-state index >= 15 is 0 Å². The second-order valence-corrected chi connectivity index (χ2v) is 3.43. The fourth-order valence-corrected chi connectivity index (χ4v) is 1.93. The van der Waals surface area contributed by atoms with Gasteiger partial charge in [-0.05, 0) is 6.42 Å². The molecule has 0 bridgehead atoms. The minimum atomic E-state index is -0.349. The largest absolute Gasteiger partial charge is 0.307 e.